The molecule has 2 aromatic carbocycles. The van der Waals surface area contributed by atoms with E-state index in [1.54, 1.807) is 6.07 Å². The Bertz CT molecular complexity index is 1070. The Morgan fingerprint density at radius 1 is 1.28 bits per heavy atom. The number of carbonyl (C=O) groups is 1. The number of aromatic carboxylic acids is 1. The number of fused-ring (bicyclic) bond motifs is 1. The first-order valence-electron chi connectivity index (χ1n) is 9.47. The molecule has 0 saturated heterocycles. The van der Waals surface area contributed by atoms with Crippen LogP contribution in [-0.4, -0.2) is 29.2 Å². The Labute approximate surface area is 168 Å². The third-order valence-electron chi connectivity index (χ3n) is 5.28. The van der Waals surface area contributed by atoms with Crippen LogP contribution in [0.25, 0.3) is 11.1 Å². The summed E-state index contributed by atoms with van der Waals surface area (Å²) in [6, 6.07) is 12.2. The minimum absolute atomic E-state index is 0.170. The number of hydrogen-bond acceptors (Lipinski definition) is 4. The molecule has 2 heterocycles. The molecule has 1 aliphatic rings. The van der Waals surface area contributed by atoms with Crippen LogP contribution in [0, 0.1) is 12.7 Å². The number of carboxylic acid groups (broad SMARTS) is 1. The quantitative estimate of drug-likeness (QED) is 0.648. The maximum Gasteiger partial charge on any atom is 0.337 e. The summed E-state index contributed by atoms with van der Waals surface area (Å²) in [5.41, 5.74) is 4.51. The number of anilines is 1. The molecule has 29 heavy (non-hydrogen) atoms. The molecule has 1 aliphatic heterocycles. The number of carboxylic acids is 1. The lowest BCUT2D eigenvalue weighted by Gasteiger charge is -2.27. The molecule has 0 spiro atoms. The van der Waals surface area contributed by atoms with Gasteiger partial charge in [-0.2, -0.15) is 0 Å². The molecular formula is C23H21FN2O3. The highest BCUT2D eigenvalue weighted by Crippen LogP contribution is 2.37. The fraction of sp³-hybridized carbons (Fsp3) is 0.217. The van der Waals surface area contributed by atoms with E-state index in [0.717, 1.165) is 34.4 Å². The van der Waals surface area contributed by atoms with E-state index in [0.29, 0.717) is 18.8 Å². The summed E-state index contributed by atoms with van der Waals surface area (Å²) in [5.74, 6) is -0.300. The predicted octanol–water partition coefficient (Wildman–Crippen LogP) is 4.87. The highest BCUT2D eigenvalue weighted by molar-refractivity contribution is 5.93. The number of hydrogen-bond donors (Lipinski definition) is 2. The topological polar surface area (TPSA) is 71.5 Å². The number of ether oxygens (including phenoxy) is 1. The largest absolute Gasteiger partial charge is 0.493 e. The summed E-state index contributed by atoms with van der Waals surface area (Å²) in [7, 11) is 0. The van der Waals surface area contributed by atoms with Crippen LogP contribution in [0.4, 0.5) is 10.1 Å². The molecule has 0 fully saturated rings. The van der Waals surface area contributed by atoms with E-state index in [1.807, 2.05) is 25.1 Å². The zero-order chi connectivity index (χ0) is 20.4. The molecule has 1 unspecified atom stereocenters. The number of nitrogens with zero attached hydrogens (tertiary/aromatic N) is 1. The molecule has 1 aromatic heterocycles. The summed E-state index contributed by atoms with van der Waals surface area (Å²) in [4.78, 5) is 15.4. The van der Waals surface area contributed by atoms with Crippen LogP contribution in [-0.2, 0) is 0 Å². The maximum atomic E-state index is 13.7. The van der Waals surface area contributed by atoms with Crippen LogP contribution < -0.4 is 10.1 Å². The summed E-state index contributed by atoms with van der Waals surface area (Å²) < 4.78 is 19.6. The Morgan fingerprint density at radius 2 is 2.14 bits per heavy atom. The lowest BCUT2D eigenvalue weighted by molar-refractivity contribution is 0.0697. The molecular weight excluding hydrogens is 371 g/mol. The van der Waals surface area contributed by atoms with Crippen molar-refractivity contribution in [3.05, 3.63) is 77.4 Å². The highest BCUT2D eigenvalue weighted by atomic mass is 19.1. The van der Waals surface area contributed by atoms with Crippen LogP contribution in [0.2, 0.25) is 0 Å². The molecule has 1 atom stereocenters. The smallest absolute Gasteiger partial charge is 0.337 e. The number of aromatic nitrogens is 1. The number of nitrogens with one attached hydrogen (secondary N) is 1. The number of benzene rings is 2. The molecule has 0 aliphatic carbocycles. The SMILES string of the molecule is Cc1ccc(F)cc1-c1ccc2c(c1)OCCC2CNc1cnccc1C(=O)O. The molecule has 3 aromatic rings. The van der Waals surface area contributed by atoms with Crippen molar-refractivity contribution in [3.63, 3.8) is 0 Å². The van der Waals surface area contributed by atoms with Gasteiger partial charge in [-0.3, -0.25) is 4.98 Å². The predicted molar refractivity (Wildman–Crippen MR) is 109 cm³/mol. The van der Waals surface area contributed by atoms with Gasteiger partial charge in [0.25, 0.3) is 0 Å². The van der Waals surface area contributed by atoms with Gasteiger partial charge in [0.05, 0.1) is 24.1 Å². The number of aryl methyl sites for hydroxylation is 1. The summed E-state index contributed by atoms with van der Waals surface area (Å²) >= 11 is 0. The van der Waals surface area contributed by atoms with Gasteiger partial charge in [0.1, 0.15) is 11.6 Å². The van der Waals surface area contributed by atoms with E-state index < -0.39 is 5.97 Å². The van der Waals surface area contributed by atoms with Crippen molar-refractivity contribution in [1.82, 2.24) is 4.98 Å². The first-order valence-corrected chi connectivity index (χ1v) is 9.47. The van der Waals surface area contributed by atoms with Crippen molar-refractivity contribution in [2.45, 2.75) is 19.3 Å². The van der Waals surface area contributed by atoms with Crippen molar-refractivity contribution in [3.8, 4) is 16.9 Å². The van der Waals surface area contributed by atoms with E-state index in [4.69, 9.17) is 4.74 Å². The lowest BCUT2D eigenvalue weighted by atomic mass is 9.90. The average molecular weight is 392 g/mol. The van der Waals surface area contributed by atoms with Gasteiger partial charge in [-0.15, -0.1) is 0 Å². The van der Waals surface area contributed by atoms with Gasteiger partial charge in [-0.25, -0.2) is 9.18 Å². The van der Waals surface area contributed by atoms with Gasteiger partial charge in [-0.05, 0) is 59.9 Å². The molecule has 148 valence electrons. The fourth-order valence-corrected chi connectivity index (χ4v) is 3.70. The number of halogens is 1. The van der Waals surface area contributed by atoms with Crippen LogP contribution in [0.15, 0.2) is 54.9 Å². The monoisotopic (exact) mass is 392 g/mol. The molecule has 5 nitrogen and oxygen atoms in total. The summed E-state index contributed by atoms with van der Waals surface area (Å²) in [5, 5.41) is 12.5. The minimum Gasteiger partial charge on any atom is -0.493 e. The van der Waals surface area contributed by atoms with Crippen LogP contribution in [0.5, 0.6) is 5.75 Å². The van der Waals surface area contributed by atoms with E-state index in [-0.39, 0.29) is 17.3 Å². The van der Waals surface area contributed by atoms with Gasteiger partial charge in [0.2, 0.25) is 0 Å². The van der Waals surface area contributed by atoms with Crippen molar-refractivity contribution in [2.75, 3.05) is 18.5 Å². The second-order valence-electron chi connectivity index (χ2n) is 7.15. The second-order valence-corrected chi connectivity index (χ2v) is 7.15. The van der Waals surface area contributed by atoms with Gasteiger partial charge < -0.3 is 15.2 Å². The molecule has 0 saturated carbocycles. The first-order chi connectivity index (χ1) is 14.0. The Hall–Kier alpha value is -3.41. The van der Waals surface area contributed by atoms with Crippen molar-refractivity contribution >= 4 is 11.7 Å². The zero-order valence-electron chi connectivity index (χ0n) is 16.0. The molecule has 0 bridgehead atoms. The van der Waals surface area contributed by atoms with Gasteiger partial charge in [0.15, 0.2) is 0 Å². The van der Waals surface area contributed by atoms with Crippen LogP contribution >= 0.6 is 0 Å². The van der Waals surface area contributed by atoms with Crippen molar-refractivity contribution < 1.29 is 19.0 Å². The zero-order valence-corrected chi connectivity index (χ0v) is 16.0. The van der Waals surface area contributed by atoms with Gasteiger partial charge >= 0.3 is 5.97 Å². The fourth-order valence-electron chi connectivity index (χ4n) is 3.70. The second kappa shape index (κ2) is 7.91. The maximum absolute atomic E-state index is 13.7. The molecule has 2 N–H and O–H groups in total. The third kappa shape index (κ3) is 3.92. The van der Waals surface area contributed by atoms with E-state index >= 15 is 0 Å². The summed E-state index contributed by atoms with van der Waals surface area (Å²) in [6.07, 6.45) is 3.81. The Balaban J connectivity index is 1.58. The van der Waals surface area contributed by atoms with Crippen LogP contribution in [0.1, 0.15) is 33.8 Å². The van der Waals surface area contributed by atoms with Gasteiger partial charge in [0, 0.05) is 18.7 Å². The van der Waals surface area contributed by atoms with Crippen LogP contribution in [0.3, 0.4) is 0 Å². The molecule has 4 rings (SSSR count). The first kappa shape index (κ1) is 18.9. The van der Waals surface area contributed by atoms with E-state index in [2.05, 4.69) is 10.3 Å². The van der Waals surface area contributed by atoms with Gasteiger partial charge in [-0.1, -0.05) is 18.2 Å². The standard InChI is InChI=1S/C23H21FN2O3/c1-14-2-4-17(24)11-20(14)15-3-5-18-16(7-9-29-22(18)10-15)12-26-21-13-25-8-6-19(21)23(27)28/h2-6,8,10-11,13,16,26H,7,9,12H2,1H3,(H,27,28). The van der Waals surface area contributed by atoms with E-state index in [9.17, 15) is 14.3 Å². The molecule has 0 amide bonds. The molecule has 0 radical (unpaired) electrons. The van der Waals surface area contributed by atoms with Crippen molar-refractivity contribution in [2.24, 2.45) is 0 Å². The Morgan fingerprint density at radius 3 is 2.97 bits per heavy atom. The van der Waals surface area contributed by atoms with E-state index in [1.165, 1.54) is 30.6 Å². The normalized spacial score (nSPS) is 15.3. The molecule has 6 heteroatoms. The number of pyridine rings is 1. The number of rotatable bonds is 5. The summed E-state index contributed by atoms with van der Waals surface area (Å²) in [6.45, 7) is 3.10. The Kier molecular flexibility index (Phi) is 5.16. The van der Waals surface area contributed by atoms with Crippen molar-refractivity contribution in [1.29, 1.82) is 0 Å². The lowest BCUT2D eigenvalue weighted by Crippen LogP contribution is -2.21. The minimum atomic E-state index is -0.989. The average Bonchev–Trinajstić information content (AvgIpc) is 2.73. The highest BCUT2D eigenvalue weighted by Gasteiger charge is 2.23. The third-order valence-corrected chi connectivity index (χ3v) is 5.28.